The molecule has 10 nitrogen and oxygen atoms in total. The van der Waals surface area contributed by atoms with Gasteiger partial charge in [0.05, 0.1) is 12.2 Å². The molecule has 2 aromatic carbocycles. The van der Waals surface area contributed by atoms with E-state index in [1.807, 2.05) is 12.2 Å². The number of nitrogens with zero attached hydrogens (tertiary/aromatic N) is 1. The highest BCUT2D eigenvalue weighted by Gasteiger charge is 2.39. The summed E-state index contributed by atoms with van der Waals surface area (Å²) in [7, 11) is 0. The summed E-state index contributed by atoms with van der Waals surface area (Å²) in [6, 6.07) is 13.7. The lowest BCUT2D eigenvalue weighted by Gasteiger charge is -2.19. The first kappa shape index (κ1) is 32.1. The van der Waals surface area contributed by atoms with Gasteiger partial charge in [-0.25, -0.2) is 0 Å². The van der Waals surface area contributed by atoms with Gasteiger partial charge >= 0.3 is 5.97 Å². The third-order valence-corrected chi connectivity index (χ3v) is 7.01. The maximum absolute atomic E-state index is 12.0. The molecule has 0 radical (unpaired) electrons. The zero-order chi connectivity index (χ0) is 29.6. The van der Waals surface area contributed by atoms with Gasteiger partial charge in [0, 0.05) is 23.8 Å². The molecule has 0 amide bonds. The van der Waals surface area contributed by atoms with Crippen molar-refractivity contribution in [3.8, 4) is 5.75 Å². The number of carbonyl (C=O) groups is 1. The first-order valence-corrected chi connectivity index (χ1v) is 13.9. The molecule has 0 spiro atoms. The van der Waals surface area contributed by atoms with E-state index in [0.29, 0.717) is 35.6 Å². The van der Waals surface area contributed by atoms with Gasteiger partial charge in [0.2, 0.25) is 0 Å². The molecule has 0 heterocycles. The summed E-state index contributed by atoms with van der Waals surface area (Å²) in [5, 5.41) is 41.1. The van der Waals surface area contributed by atoms with E-state index in [0.717, 1.165) is 5.56 Å². The van der Waals surface area contributed by atoms with E-state index in [4.69, 9.17) is 21.1 Å². The van der Waals surface area contributed by atoms with Gasteiger partial charge in [-0.05, 0) is 54.5 Å². The summed E-state index contributed by atoms with van der Waals surface area (Å²) < 4.78 is 10.8. The van der Waals surface area contributed by atoms with Gasteiger partial charge < -0.3 is 29.6 Å². The smallest absolute Gasteiger partial charge is 0.306 e. The maximum Gasteiger partial charge on any atom is 0.306 e. The van der Waals surface area contributed by atoms with E-state index in [9.17, 15) is 30.2 Å². The summed E-state index contributed by atoms with van der Waals surface area (Å²) in [5.41, 5.74) is 1.41. The molecule has 11 heteroatoms. The Morgan fingerprint density at radius 3 is 2.54 bits per heavy atom. The molecular formula is C30H36ClNO9. The molecule has 3 N–H and O–H groups in total. The Balaban J connectivity index is 1.34. The zero-order valence-corrected chi connectivity index (χ0v) is 23.3. The summed E-state index contributed by atoms with van der Waals surface area (Å²) in [6.07, 6.45) is 7.30. The minimum Gasteiger partial charge on any atom is -0.491 e. The van der Waals surface area contributed by atoms with Gasteiger partial charge in [-0.15, -0.1) is 10.1 Å². The van der Waals surface area contributed by atoms with Crippen LogP contribution < -0.4 is 4.74 Å². The molecule has 1 aliphatic carbocycles. The van der Waals surface area contributed by atoms with Crippen LogP contribution in [0.1, 0.15) is 43.2 Å². The standard InChI is InChI=1S/C30H36ClNO9/c31-23-6-5-7-25(16-23)39-20-24(33)14-15-27-26(28(34)17-29(27)35)8-3-1-2-4-9-30(36)40-18-21-10-12-22(13-11-21)19-41-32(37)38/h1,3,5-7,10-16,24,26-29,33-35H,2,4,8-9,17-20H2/b3-1-,15-14+/t24-,26-,27-,28+,29-/m1/s1. The van der Waals surface area contributed by atoms with Crippen LogP contribution in [0, 0.1) is 22.0 Å². The maximum atomic E-state index is 12.0. The average Bonchev–Trinajstić information content (AvgIpc) is 3.22. The third kappa shape index (κ3) is 11.5. The van der Waals surface area contributed by atoms with E-state index in [1.54, 1.807) is 60.7 Å². The van der Waals surface area contributed by atoms with Crippen LogP contribution in [0.25, 0.3) is 0 Å². The second kappa shape index (κ2) is 16.7. The van der Waals surface area contributed by atoms with Crippen LogP contribution in [0.5, 0.6) is 5.75 Å². The number of aliphatic hydroxyl groups is 3. The van der Waals surface area contributed by atoms with Crippen molar-refractivity contribution < 1.29 is 39.5 Å². The molecule has 2 aromatic rings. The lowest BCUT2D eigenvalue weighted by Crippen LogP contribution is -2.21. The van der Waals surface area contributed by atoms with Crippen LogP contribution >= 0.6 is 11.6 Å². The van der Waals surface area contributed by atoms with Crippen molar-refractivity contribution in [1.82, 2.24) is 0 Å². The zero-order valence-electron chi connectivity index (χ0n) is 22.6. The van der Waals surface area contributed by atoms with Gasteiger partial charge in [0.1, 0.15) is 31.7 Å². The van der Waals surface area contributed by atoms with Gasteiger partial charge in [-0.1, -0.05) is 66.2 Å². The van der Waals surface area contributed by atoms with Crippen LogP contribution in [-0.2, 0) is 27.6 Å². The van der Waals surface area contributed by atoms with Gasteiger partial charge in [0.15, 0.2) is 0 Å². The molecule has 0 bridgehead atoms. The number of carbonyl (C=O) groups excluding carboxylic acids is 1. The predicted octanol–water partition coefficient (Wildman–Crippen LogP) is 4.56. The monoisotopic (exact) mass is 589 g/mol. The minimum atomic E-state index is -0.885. The average molecular weight is 590 g/mol. The molecule has 3 rings (SSSR count). The van der Waals surface area contributed by atoms with Gasteiger partial charge in [0.25, 0.3) is 5.09 Å². The molecular weight excluding hydrogens is 554 g/mol. The molecule has 0 aromatic heterocycles. The molecule has 1 fully saturated rings. The Kier molecular flexibility index (Phi) is 13.1. The third-order valence-electron chi connectivity index (χ3n) is 6.77. The Hall–Kier alpha value is -3.44. The van der Waals surface area contributed by atoms with E-state index in [2.05, 4.69) is 4.84 Å². The van der Waals surface area contributed by atoms with Gasteiger partial charge in [-0.3, -0.25) is 4.79 Å². The highest BCUT2D eigenvalue weighted by atomic mass is 35.5. The van der Waals surface area contributed by atoms with Crippen LogP contribution in [0.2, 0.25) is 5.02 Å². The largest absolute Gasteiger partial charge is 0.491 e. The fourth-order valence-electron chi connectivity index (χ4n) is 4.59. The minimum absolute atomic E-state index is 0.0307. The van der Waals surface area contributed by atoms with Crippen LogP contribution in [0.3, 0.4) is 0 Å². The molecule has 222 valence electrons. The van der Waals surface area contributed by atoms with Crippen LogP contribution in [0.4, 0.5) is 0 Å². The number of hydrogen-bond donors (Lipinski definition) is 3. The molecule has 1 saturated carbocycles. The number of allylic oxidation sites excluding steroid dienone is 2. The van der Waals surface area contributed by atoms with Crippen molar-refractivity contribution in [3.05, 3.63) is 99.1 Å². The first-order valence-electron chi connectivity index (χ1n) is 13.5. The Morgan fingerprint density at radius 2 is 1.83 bits per heavy atom. The Morgan fingerprint density at radius 1 is 1.10 bits per heavy atom. The SMILES string of the molecule is O=C(CCC/C=C\C[C@@H]1[C@@H](/C=C/[C@@H](O)COc2cccc(Cl)c2)[C@H](O)C[C@@H]1O)OCc1ccc(CO[N+](=O)[O-])cc1. The fourth-order valence-corrected chi connectivity index (χ4v) is 4.77. The number of esters is 1. The van der Waals surface area contributed by atoms with E-state index in [-0.39, 0.29) is 50.5 Å². The first-order chi connectivity index (χ1) is 19.7. The number of halogens is 1. The number of aliphatic hydroxyl groups excluding tert-OH is 3. The summed E-state index contributed by atoms with van der Waals surface area (Å²) in [5.74, 6) is -0.273. The summed E-state index contributed by atoms with van der Waals surface area (Å²) in [4.78, 5) is 26.6. The molecule has 41 heavy (non-hydrogen) atoms. The van der Waals surface area contributed by atoms with Crippen molar-refractivity contribution in [2.24, 2.45) is 11.8 Å². The van der Waals surface area contributed by atoms with Crippen molar-refractivity contribution in [2.75, 3.05) is 6.61 Å². The molecule has 0 aliphatic heterocycles. The highest BCUT2D eigenvalue weighted by molar-refractivity contribution is 6.30. The quantitative estimate of drug-likeness (QED) is 0.0842. The van der Waals surface area contributed by atoms with Crippen LogP contribution in [-0.4, -0.2) is 51.3 Å². The summed E-state index contributed by atoms with van der Waals surface area (Å²) in [6.45, 7) is 0.00848. The second-order valence-corrected chi connectivity index (χ2v) is 10.3. The second-order valence-electron chi connectivity index (χ2n) is 9.91. The number of benzene rings is 2. The number of ether oxygens (including phenoxy) is 2. The fraction of sp³-hybridized carbons (Fsp3) is 0.433. The van der Waals surface area contributed by atoms with Crippen molar-refractivity contribution in [3.63, 3.8) is 0 Å². The molecule has 0 unspecified atom stereocenters. The predicted molar refractivity (Wildman–Crippen MR) is 151 cm³/mol. The topological polar surface area (TPSA) is 149 Å². The number of rotatable bonds is 16. The summed E-state index contributed by atoms with van der Waals surface area (Å²) >= 11 is 5.94. The normalized spacial score (nSPS) is 21.3. The Labute approximate surface area is 243 Å². The van der Waals surface area contributed by atoms with E-state index < -0.39 is 23.4 Å². The molecule has 5 atom stereocenters. The van der Waals surface area contributed by atoms with Crippen molar-refractivity contribution in [1.29, 1.82) is 0 Å². The van der Waals surface area contributed by atoms with E-state index >= 15 is 0 Å². The number of hydrogen-bond acceptors (Lipinski definition) is 9. The van der Waals surface area contributed by atoms with E-state index in [1.165, 1.54) is 0 Å². The van der Waals surface area contributed by atoms with Crippen molar-refractivity contribution >= 4 is 17.6 Å². The lowest BCUT2D eigenvalue weighted by atomic mass is 9.89. The Bertz CT molecular complexity index is 1170. The number of unbranched alkanes of at least 4 members (excludes halogenated alkanes) is 1. The van der Waals surface area contributed by atoms with Crippen LogP contribution in [0.15, 0.2) is 72.8 Å². The van der Waals surface area contributed by atoms with Crippen molar-refractivity contribution in [2.45, 2.75) is 63.6 Å². The highest BCUT2D eigenvalue weighted by Crippen LogP contribution is 2.36. The van der Waals surface area contributed by atoms with Gasteiger partial charge in [-0.2, -0.15) is 0 Å². The molecule has 0 saturated heterocycles. The molecule has 1 aliphatic rings. The lowest BCUT2D eigenvalue weighted by molar-refractivity contribution is -0.763.